The molecular weight excluding hydrogens is 530 g/mol. The first-order valence-electron chi connectivity index (χ1n) is 13.5. The molecule has 11 nitrogen and oxygen atoms in total. The fourth-order valence-electron chi connectivity index (χ4n) is 5.20. The van der Waals surface area contributed by atoms with E-state index >= 15 is 0 Å². The van der Waals surface area contributed by atoms with Crippen LogP contribution in [0.25, 0.3) is 22.3 Å². The summed E-state index contributed by atoms with van der Waals surface area (Å²) >= 11 is 0. The number of imidazole rings is 1. The second kappa shape index (κ2) is 10.7. The van der Waals surface area contributed by atoms with Crippen LogP contribution >= 0.6 is 0 Å². The van der Waals surface area contributed by atoms with Crippen LogP contribution in [0.4, 0.5) is 11.6 Å². The molecule has 40 heavy (non-hydrogen) atoms. The average molecular weight is 564 g/mol. The molecular formula is C28H33N7O4S. The zero-order valence-electron chi connectivity index (χ0n) is 22.9. The highest BCUT2D eigenvalue weighted by Gasteiger charge is 2.21. The predicted molar refractivity (Wildman–Crippen MR) is 154 cm³/mol. The zero-order chi connectivity index (χ0) is 27.9. The van der Waals surface area contributed by atoms with Crippen molar-refractivity contribution in [2.24, 2.45) is 17.3 Å². The second-order valence-electron chi connectivity index (χ2n) is 10.5. The van der Waals surface area contributed by atoms with Gasteiger partial charge in [0.25, 0.3) is 5.91 Å². The minimum absolute atomic E-state index is 0.269. The van der Waals surface area contributed by atoms with Crippen molar-refractivity contribution in [3.63, 3.8) is 0 Å². The van der Waals surface area contributed by atoms with Gasteiger partial charge < -0.3 is 14.0 Å². The summed E-state index contributed by atoms with van der Waals surface area (Å²) in [6.07, 6.45) is 3.47. The monoisotopic (exact) mass is 563 g/mol. The molecule has 1 amide bonds. The number of fused-ring (bicyclic) bond motifs is 7. The molecule has 6 rings (SSSR count). The van der Waals surface area contributed by atoms with Crippen LogP contribution in [0.15, 0.2) is 40.9 Å². The standard InChI is InChI=1S/C28H33N7O4S/c1-18-5-4-8-39-27-22(16-29-34(27)3)24-14-20(13-19(2)30-24)26(36)32-28-31-23-7-6-21(15-25(23)35(28)17-18)33-40(37)11-9-38-10-12-40/h6-7,13-16,18H,4-5,8-12,17H2,1-3H3,(H,31,32,36)/t18-/m1/s1. The van der Waals surface area contributed by atoms with Gasteiger partial charge in [0.05, 0.1) is 75.2 Å². The summed E-state index contributed by atoms with van der Waals surface area (Å²) < 4.78 is 33.1. The summed E-state index contributed by atoms with van der Waals surface area (Å²) in [6.45, 7) is 6.11. The van der Waals surface area contributed by atoms with Crippen LogP contribution in [0.2, 0.25) is 0 Å². The number of carbonyl (C=O) groups is 1. The molecule has 3 aromatic heterocycles. The van der Waals surface area contributed by atoms with Crippen molar-refractivity contribution in [2.45, 2.75) is 33.2 Å². The van der Waals surface area contributed by atoms with Crippen molar-refractivity contribution >= 4 is 38.3 Å². The smallest absolute Gasteiger partial charge is 0.258 e. The molecule has 0 aliphatic carbocycles. The Morgan fingerprint density at radius 3 is 2.77 bits per heavy atom. The van der Waals surface area contributed by atoms with Crippen molar-refractivity contribution < 1.29 is 18.5 Å². The van der Waals surface area contributed by atoms with Crippen LogP contribution < -0.4 is 10.1 Å². The Balaban J connectivity index is 1.43. The van der Waals surface area contributed by atoms with Gasteiger partial charge in [-0.2, -0.15) is 9.46 Å². The summed E-state index contributed by atoms with van der Waals surface area (Å²) in [4.78, 5) is 23.0. The number of benzene rings is 1. The molecule has 0 radical (unpaired) electrons. The van der Waals surface area contributed by atoms with Crippen LogP contribution in [-0.2, 0) is 28.1 Å². The Hall–Kier alpha value is -3.77. The summed E-state index contributed by atoms with van der Waals surface area (Å²) in [5, 5.41) is 7.41. The summed E-state index contributed by atoms with van der Waals surface area (Å²) in [6, 6.07) is 9.14. The number of nitrogens with one attached hydrogen (secondary N) is 1. The molecule has 1 saturated heterocycles. The number of rotatable bonds is 1. The fourth-order valence-corrected chi connectivity index (χ4v) is 6.84. The summed E-state index contributed by atoms with van der Waals surface area (Å²) in [7, 11) is -0.524. The van der Waals surface area contributed by atoms with E-state index in [1.54, 1.807) is 23.0 Å². The first-order valence-corrected chi connectivity index (χ1v) is 15.4. The zero-order valence-corrected chi connectivity index (χ0v) is 23.7. The number of hydrogen-bond donors (Lipinski definition) is 1. The van der Waals surface area contributed by atoms with Crippen LogP contribution in [0, 0.1) is 12.8 Å². The van der Waals surface area contributed by atoms with Gasteiger partial charge in [-0.3, -0.25) is 15.1 Å². The maximum absolute atomic E-state index is 13.6. The van der Waals surface area contributed by atoms with Crippen molar-refractivity contribution in [1.29, 1.82) is 0 Å². The van der Waals surface area contributed by atoms with Gasteiger partial charge in [0.1, 0.15) is 0 Å². The SMILES string of the molecule is Cc1cc2cc(n1)-c1cnn(C)c1OCCC[C@@H](C)Cn1c(nc3ccc(N=S4(=O)CCOCC4)cc31)NC2=O. The van der Waals surface area contributed by atoms with Crippen LogP contribution in [0.5, 0.6) is 5.88 Å². The molecule has 0 unspecified atom stereocenters. The van der Waals surface area contributed by atoms with Crippen molar-refractivity contribution in [2.75, 3.05) is 36.6 Å². The maximum atomic E-state index is 13.6. The number of carbonyl (C=O) groups excluding carboxylic acids is 1. The first kappa shape index (κ1) is 26.5. The molecule has 2 aliphatic heterocycles. The van der Waals surface area contributed by atoms with Crippen molar-refractivity contribution in [1.82, 2.24) is 24.3 Å². The highest BCUT2D eigenvalue weighted by Crippen LogP contribution is 2.31. The van der Waals surface area contributed by atoms with E-state index in [-0.39, 0.29) is 11.8 Å². The highest BCUT2D eigenvalue weighted by atomic mass is 32.2. The Kier molecular flexibility index (Phi) is 7.05. The van der Waals surface area contributed by atoms with Gasteiger partial charge in [-0.1, -0.05) is 6.92 Å². The van der Waals surface area contributed by atoms with E-state index < -0.39 is 9.73 Å². The van der Waals surface area contributed by atoms with Gasteiger partial charge in [-0.15, -0.1) is 0 Å². The number of amides is 1. The Labute approximate surface area is 233 Å². The number of ether oxygens (including phenoxy) is 2. The topological polar surface area (TPSA) is 126 Å². The predicted octanol–water partition coefficient (Wildman–Crippen LogP) is 4.33. The normalized spacial score (nSPS) is 19.5. The molecule has 2 aliphatic rings. The van der Waals surface area contributed by atoms with Gasteiger partial charge >= 0.3 is 0 Å². The van der Waals surface area contributed by atoms with E-state index in [2.05, 4.69) is 26.7 Å². The fraction of sp³-hybridized carbons (Fsp3) is 0.429. The Bertz CT molecular complexity index is 1700. The van der Waals surface area contributed by atoms with Crippen LogP contribution in [-0.4, -0.2) is 65.8 Å². The molecule has 0 saturated carbocycles. The lowest BCUT2D eigenvalue weighted by atomic mass is 10.1. The lowest BCUT2D eigenvalue weighted by Gasteiger charge is -2.17. The van der Waals surface area contributed by atoms with Crippen LogP contribution in [0.1, 0.15) is 35.8 Å². The maximum Gasteiger partial charge on any atom is 0.258 e. The van der Waals surface area contributed by atoms with E-state index in [0.29, 0.717) is 72.3 Å². The van der Waals surface area contributed by atoms with Gasteiger partial charge in [-0.25, -0.2) is 13.9 Å². The summed E-state index contributed by atoms with van der Waals surface area (Å²) in [5.74, 6) is 1.93. The van der Waals surface area contributed by atoms with Gasteiger partial charge in [0, 0.05) is 24.8 Å². The van der Waals surface area contributed by atoms with Crippen molar-refractivity contribution in [3.05, 3.63) is 47.8 Å². The third-order valence-electron chi connectivity index (χ3n) is 7.27. The van der Waals surface area contributed by atoms with E-state index in [4.69, 9.17) is 14.5 Å². The largest absolute Gasteiger partial charge is 0.477 e. The molecule has 1 aromatic carbocycles. The third kappa shape index (κ3) is 5.33. The molecule has 5 heterocycles. The lowest BCUT2D eigenvalue weighted by molar-refractivity contribution is 0.102. The van der Waals surface area contributed by atoms with Gasteiger partial charge in [-0.05, 0) is 56.0 Å². The third-order valence-corrected chi connectivity index (χ3v) is 9.43. The highest BCUT2D eigenvalue weighted by molar-refractivity contribution is 7.93. The van der Waals surface area contributed by atoms with E-state index in [0.717, 1.165) is 29.4 Å². The molecule has 1 atom stereocenters. The van der Waals surface area contributed by atoms with E-state index in [9.17, 15) is 9.00 Å². The average Bonchev–Trinajstić information content (AvgIpc) is 3.45. The minimum Gasteiger partial charge on any atom is -0.477 e. The minimum atomic E-state index is -2.36. The molecule has 4 aromatic rings. The summed E-state index contributed by atoms with van der Waals surface area (Å²) in [5.41, 5.74) is 4.76. The Morgan fingerprint density at radius 2 is 1.95 bits per heavy atom. The van der Waals surface area contributed by atoms with Gasteiger partial charge in [0.15, 0.2) is 0 Å². The quantitative estimate of drug-likeness (QED) is 0.365. The van der Waals surface area contributed by atoms with E-state index in [1.807, 2.05) is 36.7 Å². The number of pyridine rings is 1. The number of aryl methyl sites for hydroxylation is 2. The number of nitrogens with zero attached hydrogens (tertiary/aromatic N) is 6. The van der Waals surface area contributed by atoms with Crippen LogP contribution in [0.3, 0.4) is 0 Å². The lowest BCUT2D eigenvalue weighted by Crippen LogP contribution is -2.25. The number of anilines is 1. The molecule has 210 valence electrons. The number of hydrogen-bond acceptors (Lipinski definition) is 8. The van der Waals surface area contributed by atoms with Crippen molar-refractivity contribution in [3.8, 4) is 17.1 Å². The molecule has 0 spiro atoms. The molecule has 12 heteroatoms. The first-order chi connectivity index (χ1) is 19.3. The Morgan fingerprint density at radius 1 is 1.12 bits per heavy atom. The molecule has 2 bridgehead atoms. The molecule has 1 fully saturated rings. The number of aromatic nitrogens is 5. The molecule has 1 N–H and O–H groups in total. The van der Waals surface area contributed by atoms with E-state index in [1.165, 1.54) is 0 Å². The second-order valence-corrected chi connectivity index (χ2v) is 13.1. The van der Waals surface area contributed by atoms with Gasteiger partial charge in [0.2, 0.25) is 11.8 Å².